The number of carbonyl (C=O) groups is 1. The van der Waals surface area contributed by atoms with Crippen molar-refractivity contribution in [3.8, 4) is 0 Å². The lowest BCUT2D eigenvalue weighted by molar-refractivity contribution is 0.0927. The molecule has 5 nitrogen and oxygen atoms in total. The maximum atomic E-state index is 13.1. The quantitative estimate of drug-likeness (QED) is 0.692. The molecule has 1 aromatic heterocycles. The molecule has 0 amide bonds. The van der Waals surface area contributed by atoms with Crippen molar-refractivity contribution in [1.29, 1.82) is 0 Å². The van der Waals surface area contributed by atoms with Crippen molar-refractivity contribution in [1.82, 2.24) is 4.31 Å². The Morgan fingerprint density at radius 1 is 1.28 bits per heavy atom. The van der Waals surface area contributed by atoms with Gasteiger partial charge in [0.2, 0.25) is 10.0 Å². The highest BCUT2D eigenvalue weighted by Crippen LogP contribution is 2.24. The predicted octanol–water partition coefficient (Wildman–Crippen LogP) is 3.32. The minimum Gasteiger partial charge on any atom is -0.377 e. The van der Waals surface area contributed by atoms with Crippen molar-refractivity contribution >= 4 is 27.1 Å². The average molecular weight is 380 g/mol. The fourth-order valence-electron chi connectivity index (χ4n) is 2.85. The van der Waals surface area contributed by atoms with Crippen molar-refractivity contribution < 1.29 is 17.9 Å². The molecule has 0 aliphatic carbocycles. The van der Waals surface area contributed by atoms with Gasteiger partial charge < -0.3 is 4.74 Å². The molecule has 1 fully saturated rings. The molecule has 1 aliphatic heterocycles. The number of nitrogens with zero attached hydrogens (tertiary/aromatic N) is 1. The number of hydrogen-bond acceptors (Lipinski definition) is 5. The summed E-state index contributed by atoms with van der Waals surface area (Å²) in [5.74, 6) is -0.0845. The molecule has 25 heavy (non-hydrogen) atoms. The van der Waals surface area contributed by atoms with Crippen LogP contribution >= 0.6 is 11.3 Å². The summed E-state index contributed by atoms with van der Waals surface area (Å²) in [5.41, 5.74) is 0.503. The first-order chi connectivity index (χ1) is 12.0. The lowest BCUT2D eigenvalue weighted by Gasteiger charge is -2.24. The van der Waals surface area contributed by atoms with Crippen LogP contribution in [0.2, 0.25) is 0 Å². The summed E-state index contributed by atoms with van der Waals surface area (Å²) in [6, 6.07) is 9.97. The van der Waals surface area contributed by atoms with Crippen LogP contribution in [0.4, 0.5) is 0 Å². The van der Waals surface area contributed by atoms with E-state index in [0.29, 0.717) is 25.3 Å². The smallest absolute Gasteiger partial charge is 0.243 e. The average Bonchev–Trinajstić information content (AvgIpc) is 3.28. The SMILES string of the molecule is CC(=O)c1ccc(S(=O)(=O)N(Cc2cccs2)CC2CCCO2)cc1. The molecule has 134 valence electrons. The third-order valence-corrected chi connectivity index (χ3v) is 6.93. The number of ether oxygens (including phenoxy) is 1. The molecule has 1 aromatic carbocycles. The third-order valence-electron chi connectivity index (χ3n) is 4.24. The van der Waals surface area contributed by atoms with Crippen molar-refractivity contribution in [2.45, 2.75) is 37.3 Å². The van der Waals surface area contributed by atoms with Gasteiger partial charge in [0.05, 0.1) is 11.0 Å². The molecule has 0 bridgehead atoms. The molecule has 1 aliphatic rings. The molecule has 0 spiro atoms. The second-order valence-corrected chi connectivity index (χ2v) is 9.06. The zero-order valence-electron chi connectivity index (χ0n) is 14.1. The van der Waals surface area contributed by atoms with Crippen LogP contribution in [0.5, 0.6) is 0 Å². The van der Waals surface area contributed by atoms with Crippen molar-refractivity contribution in [3.63, 3.8) is 0 Å². The summed E-state index contributed by atoms with van der Waals surface area (Å²) < 4.78 is 33.4. The molecule has 2 aromatic rings. The molecule has 1 saturated heterocycles. The number of Topliss-reactive ketones (excluding diaryl/α,β-unsaturated/α-hetero) is 1. The second kappa shape index (κ2) is 7.78. The van der Waals surface area contributed by atoms with Gasteiger partial charge in [-0.3, -0.25) is 4.79 Å². The van der Waals surface area contributed by atoms with E-state index in [1.165, 1.54) is 34.7 Å². The van der Waals surface area contributed by atoms with Crippen LogP contribution in [0.1, 0.15) is 35.0 Å². The van der Waals surface area contributed by atoms with E-state index in [-0.39, 0.29) is 16.8 Å². The monoisotopic (exact) mass is 379 g/mol. The molecule has 0 radical (unpaired) electrons. The molecular formula is C18H21NO4S2. The van der Waals surface area contributed by atoms with Gasteiger partial charge >= 0.3 is 0 Å². The zero-order valence-corrected chi connectivity index (χ0v) is 15.7. The summed E-state index contributed by atoms with van der Waals surface area (Å²) in [6.07, 6.45) is 1.77. The Bertz CT molecular complexity index is 807. The fourth-order valence-corrected chi connectivity index (χ4v) is 5.10. The minimum atomic E-state index is -3.66. The Balaban J connectivity index is 1.87. The van der Waals surface area contributed by atoms with Gasteiger partial charge in [0.25, 0.3) is 0 Å². The van der Waals surface area contributed by atoms with Gasteiger partial charge in [-0.05, 0) is 43.3 Å². The van der Waals surface area contributed by atoms with E-state index in [1.54, 1.807) is 12.1 Å². The Morgan fingerprint density at radius 3 is 2.60 bits per heavy atom. The highest BCUT2D eigenvalue weighted by atomic mass is 32.2. The molecular weight excluding hydrogens is 358 g/mol. The van der Waals surface area contributed by atoms with Crippen LogP contribution in [-0.4, -0.2) is 37.8 Å². The van der Waals surface area contributed by atoms with E-state index in [2.05, 4.69) is 0 Å². The number of ketones is 1. The largest absolute Gasteiger partial charge is 0.377 e. The number of hydrogen-bond donors (Lipinski definition) is 0. The number of benzene rings is 1. The van der Waals surface area contributed by atoms with Gasteiger partial charge in [-0.1, -0.05) is 18.2 Å². The predicted molar refractivity (Wildman–Crippen MR) is 97.3 cm³/mol. The van der Waals surface area contributed by atoms with Crippen LogP contribution in [0.15, 0.2) is 46.7 Å². The molecule has 3 rings (SSSR count). The Hall–Kier alpha value is -1.54. The van der Waals surface area contributed by atoms with Crippen molar-refractivity contribution in [3.05, 3.63) is 52.2 Å². The number of thiophene rings is 1. The minimum absolute atomic E-state index is 0.0637. The van der Waals surface area contributed by atoms with E-state index >= 15 is 0 Å². The molecule has 2 heterocycles. The molecule has 7 heteroatoms. The first-order valence-electron chi connectivity index (χ1n) is 8.22. The highest BCUT2D eigenvalue weighted by Gasteiger charge is 2.29. The lowest BCUT2D eigenvalue weighted by Crippen LogP contribution is -2.36. The van der Waals surface area contributed by atoms with Gasteiger partial charge in [-0.2, -0.15) is 4.31 Å². The van der Waals surface area contributed by atoms with Crippen LogP contribution in [0, 0.1) is 0 Å². The summed E-state index contributed by atoms with van der Waals surface area (Å²) in [7, 11) is -3.66. The number of carbonyl (C=O) groups excluding carboxylic acids is 1. The molecule has 1 atom stereocenters. The van der Waals surface area contributed by atoms with Crippen LogP contribution < -0.4 is 0 Å². The zero-order chi connectivity index (χ0) is 17.9. The topological polar surface area (TPSA) is 63.7 Å². The van der Waals surface area contributed by atoms with Crippen LogP contribution in [0.25, 0.3) is 0 Å². The molecule has 0 N–H and O–H groups in total. The highest BCUT2D eigenvalue weighted by molar-refractivity contribution is 7.89. The van der Waals surface area contributed by atoms with E-state index in [9.17, 15) is 13.2 Å². The van der Waals surface area contributed by atoms with Crippen LogP contribution in [0.3, 0.4) is 0 Å². The maximum Gasteiger partial charge on any atom is 0.243 e. The Kier molecular flexibility index (Phi) is 5.68. The van der Waals surface area contributed by atoms with Gasteiger partial charge in [0.1, 0.15) is 0 Å². The van der Waals surface area contributed by atoms with E-state index < -0.39 is 10.0 Å². The fraction of sp³-hybridized carbons (Fsp3) is 0.389. The molecule has 0 saturated carbocycles. The van der Waals surface area contributed by atoms with Gasteiger partial charge in [0.15, 0.2) is 5.78 Å². The summed E-state index contributed by atoms with van der Waals surface area (Å²) in [5, 5.41) is 1.94. The number of rotatable bonds is 7. The Morgan fingerprint density at radius 2 is 2.04 bits per heavy atom. The van der Waals surface area contributed by atoms with Crippen LogP contribution in [-0.2, 0) is 21.3 Å². The van der Waals surface area contributed by atoms with Gasteiger partial charge in [0, 0.05) is 30.1 Å². The number of sulfonamides is 1. The normalized spacial score (nSPS) is 17.9. The standard InChI is InChI=1S/C18H21NO4S2/c1-14(20)15-6-8-18(9-7-15)25(21,22)19(12-16-4-2-10-23-16)13-17-5-3-11-24-17/h3,5-9,11,16H,2,4,10,12-13H2,1H3. The van der Waals surface area contributed by atoms with Crippen molar-refractivity contribution in [2.24, 2.45) is 0 Å². The van der Waals surface area contributed by atoms with E-state index in [1.807, 2.05) is 17.5 Å². The molecule has 1 unspecified atom stereocenters. The van der Waals surface area contributed by atoms with Gasteiger partial charge in [-0.25, -0.2) is 8.42 Å². The van der Waals surface area contributed by atoms with E-state index in [0.717, 1.165) is 17.7 Å². The second-order valence-electron chi connectivity index (χ2n) is 6.09. The third kappa shape index (κ3) is 4.36. The summed E-state index contributed by atoms with van der Waals surface area (Å²) in [6.45, 7) is 2.82. The summed E-state index contributed by atoms with van der Waals surface area (Å²) >= 11 is 1.54. The van der Waals surface area contributed by atoms with Gasteiger partial charge in [-0.15, -0.1) is 11.3 Å². The van der Waals surface area contributed by atoms with E-state index in [4.69, 9.17) is 4.74 Å². The Labute approximate surface area is 152 Å². The first kappa shape index (κ1) is 18.3. The summed E-state index contributed by atoms with van der Waals surface area (Å²) in [4.78, 5) is 12.6. The first-order valence-corrected chi connectivity index (χ1v) is 10.5. The lowest BCUT2D eigenvalue weighted by atomic mass is 10.2. The maximum absolute atomic E-state index is 13.1. The van der Waals surface area contributed by atoms with Crippen molar-refractivity contribution in [2.75, 3.05) is 13.2 Å².